The maximum absolute atomic E-state index is 13.1. The van der Waals surface area contributed by atoms with Crippen molar-refractivity contribution in [3.05, 3.63) is 17.5 Å². The van der Waals surface area contributed by atoms with Crippen LogP contribution in [-0.4, -0.2) is 45.4 Å². The molecule has 0 N–H and O–H groups in total. The van der Waals surface area contributed by atoms with Crippen LogP contribution in [-0.2, 0) is 10.9 Å². The van der Waals surface area contributed by atoms with Gasteiger partial charge in [0.05, 0.1) is 12.1 Å². The molecule has 2 unspecified atom stereocenters. The van der Waals surface area contributed by atoms with E-state index in [2.05, 4.69) is 5.10 Å². The predicted octanol–water partition coefficient (Wildman–Crippen LogP) is 3.41. The second kappa shape index (κ2) is 6.00. The summed E-state index contributed by atoms with van der Waals surface area (Å²) in [4.78, 5) is 14.9. The van der Waals surface area contributed by atoms with Crippen LogP contribution >= 0.6 is 0 Å². The number of rotatable bonds is 4. The van der Waals surface area contributed by atoms with Crippen LogP contribution in [0.3, 0.4) is 0 Å². The molecule has 3 heterocycles. The SMILES string of the molecule is CCOC1CC2CCC(C1)N2C(=O)c1cc(C(F)(F)F)nn1C1CC1. The number of amides is 1. The van der Waals surface area contributed by atoms with E-state index in [0.717, 1.165) is 44.6 Å². The Balaban J connectivity index is 1.60. The molecule has 3 aliphatic rings. The summed E-state index contributed by atoms with van der Waals surface area (Å²) < 4.78 is 46.2. The van der Waals surface area contributed by atoms with Crippen LogP contribution in [0.15, 0.2) is 6.07 Å². The highest BCUT2D eigenvalue weighted by atomic mass is 19.4. The second-order valence-electron chi connectivity index (χ2n) is 7.23. The number of fused-ring (bicyclic) bond motifs is 2. The number of hydrogen-bond donors (Lipinski definition) is 0. The minimum atomic E-state index is -4.53. The van der Waals surface area contributed by atoms with Gasteiger partial charge in [0.1, 0.15) is 5.69 Å². The lowest BCUT2D eigenvalue weighted by Crippen LogP contribution is -2.49. The largest absolute Gasteiger partial charge is 0.435 e. The number of carbonyl (C=O) groups is 1. The zero-order chi connectivity index (χ0) is 17.8. The van der Waals surface area contributed by atoms with Crippen molar-refractivity contribution in [1.29, 1.82) is 0 Å². The molecule has 4 rings (SSSR count). The van der Waals surface area contributed by atoms with Gasteiger partial charge in [0.25, 0.3) is 5.91 Å². The van der Waals surface area contributed by atoms with Crippen LogP contribution in [0, 0.1) is 0 Å². The Morgan fingerprint density at radius 2 is 1.80 bits per heavy atom. The Bertz CT molecular complexity index is 655. The summed E-state index contributed by atoms with van der Waals surface area (Å²) in [5.41, 5.74) is -0.888. The van der Waals surface area contributed by atoms with E-state index in [-0.39, 0.29) is 35.8 Å². The molecule has 8 heteroatoms. The number of piperidine rings is 1. The molecule has 2 bridgehead atoms. The van der Waals surface area contributed by atoms with Gasteiger partial charge in [0.15, 0.2) is 5.69 Å². The van der Waals surface area contributed by atoms with Crippen LogP contribution in [0.5, 0.6) is 0 Å². The first-order valence-corrected chi connectivity index (χ1v) is 8.99. The van der Waals surface area contributed by atoms with Gasteiger partial charge in [-0.1, -0.05) is 0 Å². The topological polar surface area (TPSA) is 47.4 Å². The average Bonchev–Trinajstić information content (AvgIpc) is 3.22. The maximum atomic E-state index is 13.1. The summed E-state index contributed by atoms with van der Waals surface area (Å²) in [7, 11) is 0. The zero-order valence-corrected chi connectivity index (χ0v) is 14.1. The standard InChI is InChI=1S/C17H22F3N3O2/c1-2-25-13-7-11-5-6-12(8-13)22(11)16(24)14-9-15(17(18,19)20)21-23(14)10-3-4-10/h9-13H,2-8H2,1H3. The molecule has 25 heavy (non-hydrogen) atoms. The Kier molecular flexibility index (Phi) is 4.05. The maximum Gasteiger partial charge on any atom is 0.435 e. The molecule has 2 atom stereocenters. The highest BCUT2D eigenvalue weighted by molar-refractivity contribution is 5.93. The van der Waals surface area contributed by atoms with Crippen molar-refractivity contribution in [3.63, 3.8) is 0 Å². The first kappa shape index (κ1) is 16.9. The number of aromatic nitrogens is 2. The van der Waals surface area contributed by atoms with Crippen LogP contribution in [0.2, 0.25) is 0 Å². The summed E-state index contributed by atoms with van der Waals surface area (Å²) in [6, 6.07) is 0.961. The van der Waals surface area contributed by atoms with Gasteiger partial charge in [-0.25, -0.2) is 0 Å². The highest BCUT2D eigenvalue weighted by Crippen LogP contribution is 2.41. The molecule has 2 aliphatic heterocycles. The molecule has 5 nitrogen and oxygen atoms in total. The van der Waals surface area contributed by atoms with E-state index >= 15 is 0 Å². The molecule has 1 amide bonds. The van der Waals surface area contributed by atoms with E-state index in [1.54, 1.807) is 4.90 Å². The van der Waals surface area contributed by atoms with Gasteiger partial charge in [-0.3, -0.25) is 9.48 Å². The van der Waals surface area contributed by atoms with Gasteiger partial charge in [-0.05, 0) is 45.4 Å². The van der Waals surface area contributed by atoms with Gasteiger partial charge < -0.3 is 9.64 Å². The van der Waals surface area contributed by atoms with E-state index in [9.17, 15) is 18.0 Å². The van der Waals surface area contributed by atoms with Crippen molar-refractivity contribution >= 4 is 5.91 Å². The number of carbonyl (C=O) groups excluding carboxylic acids is 1. The molecule has 1 aliphatic carbocycles. The van der Waals surface area contributed by atoms with Crippen molar-refractivity contribution in [2.75, 3.05) is 6.61 Å². The summed E-state index contributed by atoms with van der Waals surface area (Å²) in [6.45, 7) is 2.59. The molecule has 1 aromatic rings. The Hall–Kier alpha value is -1.57. The fourth-order valence-electron chi connectivity index (χ4n) is 4.25. The smallest absolute Gasteiger partial charge is 0.378 e. The minimum absolute atomic E-state index is 0.0553. The van der Waals surface area contributed by atoms with Gasteiger partial charge in [-0.2, -0.15) is 18.3 Å². The predicted molar refractivity (Wildman–Crippen MR) is 83.1 cm³/mol. The van der Waals surface area contributed by atoms with E-state index < -0.39 is 11.9 Å². The highest BCUT2D eigenvalue weighted by Gasteiger charge is 2.46. The molecule has 0 radical (unpaired) electrons. The lowest BCUT2D eigenvalue weighted by atomic mass is 9.99. The van der Waals surface area contributed by atoms with Crippen molar-refractivity contribution in [2.24, 2.45) is 0 Å². The molecule has 0 spiro atoms. The number of alkyl halides is 3. The molecular weight excluding hydrogens is 335 g/mol. The molecule has 3 fully saturated rings. The van der Waals surface area contributed by atoms with Gasteiger partial charge in [0.2, 0.25) is 0 Å². The number of nitrogens with zero attached hydrogens (tertiary/aromatic N) is 3. The minimum Gasteiger partial charge on any atom is -0.378 e. The number of ether oxygens (including phenoxy) is 1. The molecule has 2 saturated heterocycles. The van der Waals surface area contributed by atoms with E-state index in [4.69, 9.17) is 4.74 Å². The third kappa shape index (κ3) is 3.05. The van der Waals surface area contributed by atoms with Gasteiger partial charge in [-0.15, -0.1) is 0 Å². The quantitative estimate of drug-likeness (QED) is 0.830. The van der Waals surface area contributed by atoms with Crippen LogP contribution in [0.1, 0.15) is 67.7 Å². The first-order chi connectivity index (χ1) is 11.9. The lowest BCUT2D eigenvalue weighted by molar-refractivity contribution is -0.141. The van der Waals surface area contributed by atoms with Crippen molar-refractivity contribution < 1.29 is 22.7 Å². The average molecular weight is 357 g/mol. The number of halogens is 3. The number of hydrogen-bond acceptors (Lipinski definition) is 3. The van der Waals surface area contributed by atoms with E-state index in [1.807, 2.05) is 6.92 Å². The molecule has 0 aromatic carbocycles. The third-order valence-electron chi connectivity index (χ3n) is 5.46. The molecule has 1 aromatic heterocycles. The summed E-state index contributed by atoms with van der Waals surface area (Å²) in [6.07, 6.45) is 0.477. The Morgan fingerprint density at radius 1 is 1.20 bits per heavy atom. The fraction of sp³-hybridized carbons (Fsp3) is 0.765. The van der Waals surface area contributed by atoms with E-state index in [1.165, 1.54) is 4.68 Å². The summed E-state index contributed by atoms with van der Waals surface area (Å²) >= 11 is 0. The van der Waals surface area contributed by atoms with E-state index in [0.29, 0.717) is 6.61 Å². The van der Waals surface area contributed by atoms with Gasteiger partial charge in [0, 0.05) is 24.8 Å². The molecule has 138 valence electrons. The lowest BCUT2D eigenvalue weighted by Gasteiger charge is -2.38. The van der Waals surface area contributed by atoms with Crippen LogP contribution in [0.4, 0.5) is 13.2 Å². The fourth-order valence-corrected chi connectivity index (χ4v) is 4.25. The van der Waals surface area contributed by atoms with Crippen molar-refractivity contribution in [1.82, 2.24) is 14.7 Å². The Labute approximate surface area is 144 Å². The monoisotopic (exact) mass is 357 g/mol. The van der Waals surface area contributed by atoms with Crippen molar-refractivity contribution in [3.8, 4) is 0 Å². The summed E-state index contributed by atoms with van der Waals surface area (Å²) in [5.74, 6) is -0.308. The molecule has 1 saturated carbocycles. The Morgan fingerprint density at radius 3 is 2.32 bits per heavy atom. The second-order valence-corrected chi connectivity index (χ2v) is 7.23. The van der Waals surface area contributed by atoms with Crippen molar-refractivity contribution in [2.45, 2.75) is 75.9 Å². The first-order valence-electron chi connectivity index (χ1n) is 8.99. The van der Waals surface area contributed by atoms with Gasteiger partial charge >= 0.3 is 6.18 Å². The normalized spacial score (nSPS) is 29.3. The van der Waals surface area contributed by atoms with Crippen LogP contribution in [0.25, 0.3) is 0 Å². The summed E-state index contributed by atoms with van der Waals surface area (Å²) in [5, 5.41) is 3.69. The zero-order valence-electron chi connectivity index (χ0n) is 14.1. The third-order valence-corrected chi connectivity index (χ3v) is 5.46. The van der Waals surface area contributed by atoms with Crippen LogP contribution < -0.4 is 0 Å². The molecular formula is C17H22F3N3O2.